The molecule has 3 aliphatic carbocycles. The topological polar surface area (TPSA) is 26.0 Å². The summed E-state index contributed by atoms with van der Waals surface area (Å²) in [5.41, 5.74) is 12.4. The van der Waals surface area contributed by atoms with Crippen LogP contribution in [0.25, 0.3) is 0 Å². The summed E-state index contributed by atoms with van der Waals surface area (Å²) >= 11 is 0. The van der Waals surface area contributed by atoms with Crippen LogP contribution in [0.2, 0.25) is 0 Å². The minimum atomic E-state index is 0.362. The van der Waals surface area contributed by atoms with Crippen molar-refractivity contribution in [2.24, 2.45) is 23.0 Å². The van der Waals surface area contributed by atoms with Gasteiger partial charge in [-0.3, -0.25) is 0 Å². The normalized spacial score (nSPS) is 38.3. The van der Waals surface area contributed by atoms with Gasteiger partial charge >= 0.3 is 0 Å². The van der Waals surface area contributed by atoms with E-state index in [0.29, 0.717) is 11.3 Å². The standard InChI is InChI=1S/C18H27N/c1-12-6-7-14-8-9-16-15(13(2)19)5-4-10-18(16,3)17(14)11-12/h11,15-16H,2,4-10,19H2,1,3H3. The van der Waals surface area contributed by atoms with Crippen molar-refractivity contribution in [2.75, 3.05) is 0 Å². The molecule has 0 aromatic carbocycles. The molecular formula is C18H27N. The molecule has 1 heteroatoms. The van der Waals surface area contributed by atoms with E-state index in [-0.39, 0.29) is 0 Å². The van der Waals surface area contributed by atoms with Crippen molar-refractivity contribution in [1.29, 1.82) is 0 Å². The molecule has 0 heterocycles. The van der Waals surface area contributed by atoms with E-state index in [1.165, 1.54) is 44.9 Å². The Hall–Kier alpha value is -0.980. The van der Waals surface area contributed by atoms with Crippen LogP contribution in [0.5, 0.6) is 0 Å². The summed E-state index contributed by atoms with van der Waals surface area (Å²) in [5, 5.41) is 0. The summed E-state index contributed by atoms with van der Waals surface area (Å²) in [6, 6.07) is 0. The van der Waals surface area contributed by atoms with Crippen molar-refractivity contribution < 1.29 is 0 Å². The maximum atomic E-state index is 6.10. The number of hydrogen-bond donors (Lipinski definition) is 1. The first-order valence-corrected chi connectivity index (χ1v) is 7.86. The lowest BCUT2D eigenvalue weighted by Gasteiger charge is -2.51. The van der Waals surface area contributed by atoms with Gasteiger partial charge in [0.15, 0.2) is 0 Å². The van der Waals surface area contributed by atoms with Gasteiger partial charge in [-0.05, 0) is 62.4 Å². The van der Waals surface area contributed by atoms with Crippen LogP contribution < -0.4 is 5.73 Å². The van der Waals surface area contributed by atoms with E-state index in [4.69, 9.17) is 5.73 Å². The Morgan fingerprint density at radius 3 is 2.84 bits per heavy atom. The molecule has 104 valence electrons. The molecule has 0 aliphatic heterocycles. The molecular weight excluding hydrogens is 230 g/mol. The van der Waals surface area contributed by atoms with Crippen LogP contribution in [0.15, 0.2) is 35.1 Å². The molecule has 3 unspecified atom stereocenters. The average molecular weight is 257 g/mol. The fourth-order valence-corrected chi connectivity index (χ4v) is 4.88. The van der Waals surface area contributed by atoms with Crippen molar-refractivity contribution in [3.05, 3.63) is 35.1 Å². The van der Waals surface area contributed by atoms with Gasteiger partial charge in [-0.25, -0.2) is 0 Å². The molecule has 19 heavy (non-hydrogen) atoms. The Kier molecular flexibility index (Phi) is 3.11. The highest BCUT2D eigenvalue weighted by atomic mass is 14.6. The highest BCUT2D eigenvalue weighted by Crippen LogP contribution is 2.57. The van der Waals surface area contributed by atoms with E-state index in [2.05, 4.69) is 26.5 Å². The minimum absolute atomic E-state index is 0.362. The lowest BCUT2D eigenvalue weighted by molar-refractivity contribution is 0.0915. The first-order valence-electron chi connectivity index (χ1n) is 7.86. The largest absolute Gasteiger partial charge is 0.402 e. The summed E-state index contributed by atoms with van der Waals surface area (Å²) in [4.78, 5) is 0. The van der Waals surface area contributed by atoms with Gasteiger partial charge in [0.25, 0.3) is 0 Å². The molecule has 1 nitrogen and oxygen atoms in total. The number of allylic oxidation sites excluding steroid dienone is 5. The molecule has 0 saturated heterocycles. The molecule has 0 radical (unpaired) electrons. The average Bonchev–Trinajstić information content (AvgIpc) is 2.37. The van der Waals surface area contributed by atoms with Crippen LogP contribution >= 0.6 is 0 Å². The van der Waals surface area contributed by atoms with Crippen molar-refractivity contribution in [2.45, 2.75) is 58.8 Å². The zero-order valence-electron chi connectivity index (χ0n) is 12.5. The van der Waals surface area contributed by atoms with Crippen molar-refractivity contribution in [3.63, 3.8) is 0 Å². The van der Waals surface area contributed by atoms with E-state index < -0.39 is 0 Å². The van der Waals surface area contributed by atoms with Crippen LogP contribution in [-0.4, -0.2) is 0 Å². The smallest absolute Gasteiger partial charge is 0.00421 e. The zero-order valence-corrected chi connectivity index (χ0v) is 12.5. The van der Waals surface area contributed by atoms with Crippen LogP contribution in [0.3, 0.4) is 0 Å². The van der Waals surface area contributed by atoms with Crippen LogP contribution in [0, 0.1) is 17.3 Å². The fraction of sp³-hybridized carbons (Fsp3) is 0.667. The minimum Gasteiger partial charge on any atom is -0.402 e. The summed E-state index contributed by atoms with van der Waals surface area (Å²) in [5.74, 6) is 1.27. The molecule has 0 bridgehead atoms. The van der Waals surface area contributed by atoms with Crippen LogP contribution in [0.4, 0.5) is 0 Å². The monoisotopic (exact) mass is 257 g/mol. The van der Waals surface area contributed by atoms with Gasteiger partial charge in [0.1, 0.15) is 0 Å². The predicted molar refractivity (Wildman–Crippen MR) is 81.5 cm³/mol. The van der Waals surface area contributed by atoms with Crippen molar-refractivity contribution in [3.8, 4) is 0 Å². The van der Waals surface area contributed by atoms with Crippen molar-refractivity contribution >= 4 is 0 Å². The molecule has 3 atom stereocenters. The Labute approximate surface area is 117 Å². The van der Waals surface area contributed by atoms with Crippen molar-refractivity contribution in [1.82, 2.24) is 0 Å². The van der Waals surface area contributed by atoms with Crippen LogP contribution in [-0.2, 0) is 0 Å². The summed E-state index contributed by atoms with van der Waals surface area (Å²) < 4.78 is 0. The quantitative estimate of drug-likeness (QED) is 0.723. The maximum absolute atomic E-state index is 6.10. The summed E-state index contributed by atoms with van der Waals surface area (Å²) in [6.07, 6.45) is 11.6. The number of nitrogens with two attached hydrogens (primary N) is 1. The lowest BCUT2D eigenvalue weighted by atomic mass is 9.53. The molecule has 1 saturated carbocycles. The highest BCUT2D eigenvalue weighted by Gasteiger charge is 2.47. The second-order valence-electron chi connectivity index (χ2n) is 7.14. The molecule has 0 aromatic heterocycles. The number of fused-ring (bicyclic) bond motifs is 2. The molecule has 3 aliphatic rings. The summed E-state index contributed by atoms with van der Waals surface area (Å²) in [7, 11) is 0. The Morgan fingerprint density at radius 2 is 2.11 bits per heavy atom. The fourth-order valence-electron chi connectivity index (χ4n) is 4.88. The molecule has 3 rings (SSSR count). The first-order chi connectivity index (χ1) is 9.02. The van der Waals surface area contributed by atoms with E-state index in [1.54, 1.807) is 16.7 Å². The molecule has 0 amide bonds. The van der Waals surface area contributed by atoms with Gasteiger partial charge in [-0.1, -0.05) is 37.1 Å². The molecule has 1 fully saturated rings. The molecule has 0 spiro atoms. The zero-order chi connectivity index (χ0) is 13.6. The van der Waals surface area contributed by atoms with Gasteiger partial charge in [0.2, 0.25) is 0 Å². The number of rotatable bonds is 1. The highest BCUT2D eigenvalue weighted by molar-refractivity contribution is 5.41. The predicted octanol–water partition coefficient (Wildman–Crippen LogP) is 4.71. The summed E-state index contributed by atoms with van der Waals surface area (Å²) in [6.45, 7) is 8.85. The van der Waals surface area contributed by atoms with Gasteiger partial charge in [-0.15, -0.1) is 0 Å². The van der Waals surface area contributed by atoms with E-state index in [0.717, 1.165) is 11.6 Å². The SMILES string of the molecule is C=C(N)C1CCCC2(C)C3=C(CCC(C)=C3)CCC12. The Bertz CT molecular complexity index is 468. The maximum Gasteiger partial charge on any atom is 0.00421 e. The third-order valence-electron chi connectivity index (χ3n) is 5.96. The molecule has 2 N–H and O–H groups in total. The van der Waals surface area contributed by atoms with Gasteiger partial charge in [0.05, 0.1) is 0 Å². The van der Waals surface area contributed by atoms with E-state index in [9.17, 15) is 0 Å². The lowest BCUT2D eigenvalue weighted by Crippen LogP contribution is -2.43. The third kappa shape index (κ3) is 1.98. The Morgan fingerprint density at radius 1 is 1.32 bits per heavy atom. The van der Waals surface area contributed by atoms with Gasteiger partial charge in [-0.2, -0.15) is 0 Å². The first kappa shape index (κ1) is 13.0. The van der Waals surface area contributed by atoms with Gasteiger partial charge in [0, 0.05) is 11.6 Å². The second kappa shape index (κ2) is 4.54. The van der Waals surface area contributed by atoms with Crippen LogP contribution in [0.1, 0.15) is 58.8 Å². The van der Waals surface area contributed by atoms with Gasteiger partial charge < -0.3 is 5.73 Å². The second-order valence-corrected chi connectivity index (χ2v) is 7.14. The third-order valence-corrected chi connectivity index (χ3v) is 5.96. The number of hydrogen-bond acceptors (Lipinski definition) is 1. The van der Waals surface area contributed by atoms with E-state index >= 15 is 0 Å². The van der Waals surface area contributed by atoms with E-state index in [1.807, 2.05) is 0 Å². The molecule has 0 aromatic rings. The Balaban J connectivity index is 2.02.